The van der Waals surface area contributed by atoms with Crippen LogP contribution in [0.5, 0.6) is 5.75 Å². The van der Waals surface area contributed by atoms with Crippen molar-refractivity contribution in [2.75, 3.05) is 13.1 Å². The number of amides is 1. The van der Waals surface area contributed by atoms with Crippen LogP contribution in [0.25, 0.3) is 10.9 Å². The average molecular weight is 326 g/mol. The standard InChI is InChI=1S/C17H18N4O3/c1-20-8-12(7-19-20)24-15-10-21(9-14(15)22)17(23)13-4-2-3-11-5-6-18-16(11)13/h2-8,14-15,18,22H,9-10H2,1H3/t14-,15-/m1/s1. The number of para-hydroxylation sites is 1. The van der Waals surface area contributed by atoms with E-state index in [1.807, 2.05) is 24.4 Å². The molecule has 1 fully saturated rings. The van der Waals surface area contributed by atoms with Gasteiger partial charge in [0.2, 0.25) is 0 Å². The summed E-state index contributed by atoms with van der Waals surface area (Å²) in [5.41, 5.74) is 1.42. The van der Waals surface area contributed by atoms with Crippen LogP contribution in [-0.2, 0) is 7.05 Å². The van der Waals surface area contributed by atoms with Crippen molar-refractivity contribution in [3.05, 3.63) is 48.4 Å². The molecule has 1 saturated heterocycles. The van der Waals surface area contributed by atoms with Crippen LogP contribution in [0, 0.1) is 0 Å². The van der Waals surface area contributed by atoms with E-state index in [0.717, 1.165) is 10.9 Å². The normalized spacial score (nSPS) is 20.7. The van der Waals surface area contributed by atoms with Gasteiger partial charge >= 0.3 is 0 Å². The molecule has 0 spiro atoms. The molecule has 1 aromatic carbocycles. The lowest BCUT2D eigenvalue weighted by Crippen LogP contribution is -2.31. The second kappa shape index (κ2) is 5.68. The van der Waals surface area contributed by atoms with Gasteiger partial charge in [0, 0.05) is 18.6 Å². The van der Waals surface area contributed by atoms with Gasteiger partial charge in [-0.25, -0.2) is 0 Å². The van der Waals surface area contributed by atoms with E-state index < -0.39 is 12.2 Å². The second-order valence-electron chi connectivity index (χ2n) is 6.03. The number of ether oxygens (including phenoxy) is 1. The molecular weight excluding hydrogens is 308 g/mol. The third kappa shape index (κ3) is 2.52. The highest BCUT2D eigenvalue weighted by Gasteiger charge is 2.36. The lowest BCUT2D eigenvalue weighted by atomic mass is 10.1. The number of rotatable bonds is 3. The van der Waals surface area contributed by atoms with Crippen LogP contribution in [0.4, 0.5) is 0 Å². The van der Waals surface area contributed by atoms with Crippen molar-refractivity contribution in [1.29, 1.82) is 0 Å². The Hall–Kier alpha value is -2.80. The van der Waals surface area contributed by atoms with Crippen molar-refractivity contribution < 1.29 is 14.6 Å². The minimum Gasteiger partial charge on any atom is -0.482 e. The molecule has 7 heteroatoms. The summed E-state index contributed by atoms with van der Waals surface area (Å²) in [6.45, 7) is 0.590. The molecule has 0 aliphatic carbocycles. The van der Waals surface area contributed by atoms with E-state index >= 15 is 0 Å². The molecule has 0 bridgehead atoms. The van der Waals surface area contributed by atoms with Crippen molar-refractivity contribution >= 4 is 16.8 Å². The highest BCUT2D eigenvalue weighted by molar-refractivity contribution is 6.05. The molecule has 0 unspecified atom stereocenters. The van der Waals surface area contributed by atoms with Gasteiger partial charge in [0.15, 0.2) is 5.75 Å². The number of H-pyrrole nitrogens is 1. The number of aliphatic hydroxyl groups excluding tert-OH is 1. The molecule has 2 N–H and O–H groups in total. The van der Waals surface area contributed by atoms with E-state index in [4.69, 9.17) is 4.74 Å². The number of aromatic amines is 1. The Balaban J connectivity index is 1.53. The van der Waals surface area contributed by atoms with Gasteiger partial charge in [0.25, 0.3) is 5.91 Å². The minimum atomic E-state index is -0.725. The number of hydrogen-bond acceptors (Lipinski definition) is 4. The maximum absolute atomic E-state index is 12.8. The van der Waals surface area contributed by atoms with Crippen LogP contribution in [0.1, 0.15) is 10.4 Å². The van der Waals surface area contributed by atoms with E-state index in [2.05, 4.69) is 10.1 Å². The van der Waals surface area contributed by atoms with Crippen LogP contribution in [-0.4, -0.2) is 56.0 Å². The summed E-state index contributed by atoms with van der Waals surface area (Å²) < 4.78 is 7.39. The first-order chi connectivity index (χ1) is 11.6. The number of nitrogens with zero attached hydrogens (tertiary/aromatic N) is 3. The zero-order valence-corrected chi connectivity index (χ0v) is 13.2. The largest absolute Gasteiger partial charge is 0.482 e. The van der Waals surface area contributed by atoms with Gasteiger partial charge in [-0.3, -0.25) is 9.48 Å². The Labute approximate surface area is 138 Å². The highest BCUT2D eigenvalue weighted by Crippen LogP contribution is 2.23. The summed E-state index contributed by atoms with van der Waals surface area (Å²) in [6.07, 6.45) is 3.96. The van der Waals surface area contributed by atoms with Crippen LogP contribution < -0.4 is 4.74 Å². The number of carbonyl (C=O) groups is 1. The number of benzene rings is 1. The van der Waals surface area contributed by atoms with E-state index in [9.17, 15) is 9.90 Å². The van der Waals surface area contributed by atoms with E-state index in [-0.39, 0.29) is 12.5 Å². The summed E-state index contributed by atoms with van der Waals surface area (Å²) in [7, 11) is 1.80. The number of fused-ring (bicyclic) bond motifs is 1. The smallest absolute Gasteiger partial charge is 0.256 e. The third-order valence-corrected chi connectivity index (χ3v) is 4.31. The van der Waals surface area contributed by atoms with Gasteiger partial charge in [0.05, 0.1) is 36.6 Å². The Bertz CT molecular complexity index is 885. The number of aliphatic hydroxyl groups is 1. The van der Waals surface area contributed by atoms with Crippen LogP contribution in [0.3, 0.4) is 0 Å². The maximum atomic E-state index is 12.8. The molecule has 3 heterocycles. The molecule has 1 aliphatic rings. The van der Waals surface area contributed by atoms with Crippen LogP contribution in [0.15, 0.2) is 42.9 Å². The zero-order valence-electron chi connectivity index (χ0n) is 13.2. The molecule has 1 aliphatic heterocycles. The molecule has 2 atom stereocenters. The third-order valence-electron chi connectivity index (χ3n) is 4.31. The van der Waals surface area contributed by atoms with Gasteiger partial charge in [-0.1, -0.05) is 12.1 Å². The predicted octanol–water partition coefficient (Wildman–Crippen LogP) is 1.17. The fourth-order valence-electron chi connectivity index (χ4n) is 3.11. The topological polar surface area (TPSA) is 83.4 Å². The molecule has 4 rings (SSSR count). The Morgan fingerprint density at radius 2 is 2.25 bits per heavy atom. The molecule has 3 aromatic rings. The number of hydrogen-bond donors (Lipinski definition) is 2. The van der Waals surface area contributed by atoms with Gasteiger partial charge < -0.3 is 19.7 Å². The minimum absolute atomic E-state index is 0.112. The fraction of sp³-hybridized carbons (Fsp3) is 0.294. The number of carbonyl (C=O) groups excluding carboxylic acids is 1. The maximum Gasteiger partial charge on any atom is 0.256 e. The predicted molar refractivity (Wildman–Crippen MR) is 87.8 cm³/mol. The molecule has 1 amide bonds. The number of likely N-dealkylation sites (tertiary alicyclic amines) is 1. The van der Waals surface area contributed by atoms with Crippen molar-refractivity contribution in [2.45, 2.75) is 12.2 Å². The molecule has 2 aromatic heterocycles. The Kier molecular flexibility index (Phi) is 3.50. The molecule has 24 heavy (non-hydrogen) atoms. The van der Waals surface area contributed by atoms with E-state index in [1.165, 1.54) is 0 Å². The number of β-amino-alcohol motifs (C(OH)–C–C–N with tert-alkyl or cyclic N) is 1. The van der Waals surface area contributed by atoms with Crippen molar-refractivity contribution in [3.8, 4) is 5.75 Å². The monoisotopic (exact) mass is 326 g/mol. The second-order valence-corrected chi connectivity index (χ2v) is 6.03. The Morgan fingerprint density at radius 3 is 3.04 bits per heavy atom. The number of nitrogens with one attached hydrogen (secondary N) is 1. The summed E-state index contributed by atoms with van der Waals surface area (Å²) in [6, 6.07) is 7.54. The first kappa shape index (κ1) is 14.8. The summed E-state index contributed by atoms with van der Waals surface area (Å²) >= 11 is 0. The van der Waals surface area contributed by atoms with E-state index in [1.54, 1.807) is 35.1 Å². The fourth-order valence-corrected chi connectivity index (χ4v) is 3.11. The molecule has 0 saturated carbocycles. The van der Waals surface area contributed by atoms with Crippen LogP contribution in [0.2, 0.25) is 0 Å². The average Bonchev–Trinajstić information content (AvgIpc) is 3.28. The number of aryl methyl sites for hydroxylation is 1. The molecule has 7 nitrogen and oxygen atoms in total. The summed E-state index contributed by atoms with van der Waals surface area (Å²) in [4.78, 5) is 17.6. The zero-order chi connectivity index (χ0) is 16.7. The SMILES string of the molecule is Cn1cc(O[C@@H]2CN(C(=O)c3cccc4cc[nH]c34)C[C@H]2O)cn1. The quantitative estimate of drug-likeness (QED) is 0.757. The van der Waals surface area contributed by atoms with Crippen molar-refractivity contribution in [1.82, 2.24) is 19.7 Å². The Morgan fingerprint density at radius 1 is 1.38 bits per heavy atom. The van der Waals surface area contributed by atoms with Gasteiger partial charge in [-0.05, 0) is 12.1 Å². The van der Waals surface area contributed by atoms with Crippen LogP contribution >= 0.6 is 0 Å². The van der Waals surface area contributed by atoms with Gasteiger partial charge in [0.1, 0.15) is 12.2 Å². The first-order valence-electron chi connectivity index (χ1n) is 7.80. The van der Waals surface area contributed by atoms with E-state index in [0.29, 0.717) is 17.9 Å². The highest BCUT2D eigenvalue weighted by atomic mass is 16.5. The molecular formula is C17H18N4O3. The van der Waals surface area contributed by atoms with Gasteiger partial charge in [-0.15, -0.1) is 0 Å². The lowest BCUT2D eigenvalue weighted by molar-refractivity contribution is 0.0729. The van der Waals surface area contributed by atoms with Crippen molar-refractivity contribution in [2.24, 2.45) is 7.05 Å². The lowest BCUT2D eigenvalue weighted by Gasteiger charge is -2.17. The first-order valence-corrected chi connectivity index (χ1v) is 7.80. The summed E-state index contributed by atoms with van der Waals surface area (Å²) in [5.74, 6) is 0.474. The van der Waals surface area contributed by atoms with Crippen molar-refractivity contribution in [3.63, 3.8) is 0 Å². The number of aromatic nitrogens is 3. The molecule has 0 radical (unpaired) electrons. The summed E-state index contributed by atoms with van der Waals surface area (Å²) in [5, 5.41) is 15.3. The van der Waals surface area contributed by atoms with Gasteiger partial charge in [-0.2, -0.15) is 5.10 Å². The molecule has 124 valence electrons.